The molecule has 1 aromatic rings. The highest BCUT2D eigenvalue weighted by molar-refractivity contribution is 8.18. The van der Waals surface area contributed by atoms with Gasteiger partial charge in [-0.05, 0) is 35.5 Å². The van der Waals surface area contributed by atoms with Gasteiger partial charge in [-0.1, -0.05) is 12.1 Å². The van der Waals surface area contributed by atoms with E-state index < -0.39 is 17.1 Å². The van der Waals surface area contributed by atoms with E-state index in [1.165, 1.54) is 0 Å². The van der Waals surface area contributed by atoms with Gasteiger partial charge in [-0.25, -0.2) is 0 Å². The number of nitrogens with zero attached hydrogens (tertiary/aromatic N) is 2. The minimum Gasteiger partial charge on any atom is -0.484 e. The van der Waals surface area contributed by atoms with Crippen LogP contribution in [0.25, 0.3) is 6.08 Å². The van der Waals surface area contributed by atoms with Crippen LogP contribution in [0.5, 0.6) is 5.75 Å². The molecule has 4 amide bonds. The van der Waals surface area contributed by atoms with E-state index in [9.17, 15) is 19.2 Å². The van der Waals surface area contributed by atoms with Gasteiger partial charge in [-0.3, -0.25) is 24.1 Å². The van der Waals surface area contributed by atoms with Gasteiger partial charge >= 0.3 is 0 Å². The van der Waals surface area contributed by atoms with Gasteiger partial charge in [0.1, 0.15) is 12.3 Å². The van der Waals surface area contributed by atoms with Crippen molar-refractivity contribution in [1.29, 1.82) is 0 Å². The molecule has 0 bridgehead atoms. The highest BCUT2D eigenvalue weighted by Gasteiger charge is 2.37. The SMILES string of the molecule is NC(=O)COc1ccc(/C=C2/SC(=O)N(CC(=O)N3CCOCC3)C2=O)cc1. The van der Waals surface area contributed by atoms with Crippen LogP contribution in [-0.4, -0.2) is 72.2 Å². The number of amides is 4. The number of primary amides is 1. The maximum absolute atomic E-state index is 12.5. The second kappa shape index (κ2) is 8.89. The number of imide groups is 1. The molecule has 3 rings (SSSR count). The Balaban J connectivity index is 1.63. The molecule has 2 fully saturated rings. The minimum atomic E-state index is -0.579. The quantitative estimate of drug-likeness (QED) is 0.682. The molecule has 0 radical (unpaired) electrons. The van der Waals surface area contributed by atoms with Crippen molar-refractivity contribution in [2.24, 2.45) is 5.73 Å². The van der Waals surface area contributed by atoms with Gasteiger partial charge in [0.25, 0.3) is 17.1 Å². The summed E-state index contributed by atoms with van der Waals surface area (Å²) in [6.07, 6.45) is 1.57. The monoisotopic (exact) mass is 405 g/mol. The molecular formula is C18H19N3O6S. The smallest absolute Gasteiger partial charge is 0.294 e. The van der Waals surface area contributed by atoms with E-state index in [1.54, 1.807) is 35.2 Å². The molecule has 1 aromatic carbocycles. The van der Waals surface area contributed by atoms with E-state index in [2.05, 4.69) is 0 Å². The molecule has 0 spiro atoms. The van der Waals surface area contributed by atoms with Gasteiger partial charge < -0.3 is 20.1 Å². The molecule has 0 atom stereocenters. The van der Waals surface area contributed by atoms with Crippen LogP contribution in [0.4, 0.5) is 4.79 Å². The fourth-order valence-corrected chi connectivity index (χ4v) is 3.49. The van der Waals surface area contributed by atoms with Crippen molar-refractivity contribution in [2.45, 2.75) is 0 Å². The summed E-state index contributed by atoms with van der Waals surface area (Å²) in [4.78, 5) is 50.5. The molecule has 2 heterocycles. The third-order valence-corrected chi connectivity index (χ3v) is 5.00. The summed E-state index contributed by atoms with van der Waals surface area (Å²) in [5, 5.41) is -0.473. The normalized spacial score (nSPS) is 18.6. The van der Waals surface area contributed by atoms with Crippen LogP contribution in [0.1, 0.15) is 5.56 Å². The lowest BCUT2D eigenvalue weighted by Crippen LogP contribution is -2.46. The number of ether oxygens (including phenoxy) is 2. The van der Waals surface area contributed by atoms with Gasteiger partial charge in [0, 0.05) is 13.1 Å². The molecule has 2 saturated heterocycles. The Labute approximate surface area is 165 Å². The number of hydrogen-bond donors (Lipinski definition) is 1. The van der Waals surface area contributed by atoms with Crippen LogP contribution in [0.2, 0.25) is 0 Å². The lowest BCUT2D eigenvalue weighted by Gasteiger charge is -2.28. The third kappa shape index (κ3) is 4.90. The molecule has 10 heteroatoms. The van der Waals surface area contributed by atoms with Gasteiger partial charge in [-0.15, -0.1) is 0 Å². The zero-order valence-corrected chi connectivity index (χ0v) is 15.8. The van der Waals surface area contributed by atoms with Gasteiger partial charge in [0.05, 0.1) is 18.1 Å². The van der Waals surface area contributed by atoms with Crippen molar-refractivity contribution in [3.05, 3.63) is 34.7 Å². The number of morpholine rings is 1. The van der Waals surface area contributed by atoms with E-state index in [0.29, 0.717) is 37.6 Å². The third-order valence-electron chi connectivity index (χ3n) is 4.09. The van der Waals surface area contributed by atoms with Crippen LogP contribution < -0.4 is 10.5 Å². The maximum Gasteiger partial charge on any atom is 0.294 e. The average Bonchev–Trinajstić information content (AvgIpc) is 2.95. The van der Waals surface area contributed by atoms with Crippen molar-refractivity contribution < 1.29 is 28.7 Å². The van der Waals surface area contributed by atoms with Crippen LogP contribution >= 0.6 is 11.8 Å². The first-order valence-electron chi connectivity index (χ1n) is 8.56. The Bertz CT molecular complexity index is 817. The number of nitrogens with two attached hydrogens (primary N) is 1. The summed E-state index contributed by atoms with van der Waals surface area (Å²) in [6, 6.07) is 6.62. The van der Waals surface area contributed by atoms with E-state index in [-0.39, 0.29) is 24.0 Å². The summed E-state index contributed by atoms with van der Waals surface area (Å²) in [6.45, 7) is 1.31. The number of carbonyl (C=O) groups excluding carboxylic acids is 4. The summed E-state index contributed by atoms with van der Waals surface area (Å²) < 4.78 is 10.4. The first kappa shape index (κ1) is 19.9. The molecule has 0 aromatic heterocycles. The first-order chi connectivity index (χ1) is 13.4. The van der Waals surface area contributed by atoms with Crippen molar-refractivity contribution in [2.75, 3.05) is 39.5 Å². The Morgan fingerprint density at radius 3 is 2.50 bits per heavy atom. The highest BCUT2D eigenvalue weighted by atomic mass is 32.2. The lowest BCUT2D eigenvalue weighted by atomic mass is 10.2. The number of rotatable bonds is 6. The van der Waals surface area contributed by atoms with Crippen LogP contribution in [-0.2, 0) is 19.1 Å². The molecule has 2 N–H and O–H groups in total. The van der Waals surface area contributed by atoms with E-state index in [1.807, 2.05) is 0 Å². The van der Waals surface area contributed by atoms with E-state index >= 15 is 0 Å². The molecule has 0 saturated carbocycles. The summed E-state index contributed by atoms with van der Waals surface area (Å²) in [5.74, 6) is -0.891. The molecule has 28 heavy (non-hydrogen) atoms. The number of hydrogen-bond acceptors (Lipinski definition) is 7. The van der Waals surface area contributed by atoms with Crippen molar-refractivity contribution >= 4 is 40.8 Å². The second-order valence-corrected chi connectivity index (χ2v) is 7.08. The van der Waals surface area contributed by atoms with Crippen LogP contribution in [0.3, 0.4) is 0 Å². The van der Waals surface area contributed by atoms with Crippen LogP contribution in [0, 0.1) is 0 Å². The van der Waals surface area contributed by atoms with Gasteiger partial charge in [0.2, 0.25) is 5.91 Å². The topological polar surface area (TPSA) is 119 Å². The molecule has 9 nitrogen and oxygen atoms in total. The second-order valence-electron chi connectivity index (χ2n) is 6.09. The standard InChI is InChI=1S/C18H19N3O6S/c19-15(22)11-27-13-3-1-12(2-4-13)9-14-17(24)21(18(25)28-14)10-16(23)20-5-7-26-8-6-20/h1-4,9H,5-8,10-11H2,(H2,19,22)/b14-9+. The van der Waals surface area contributed by atoms with Crippen molar-refractivity contribution in [3.8, 4) is 5.75 Å². The highest BCUT2D eigenvalue weighted by Crippen LogP contribution is 2.32. The summed E-state index contributed by atoms with van der Waals surface area (Å²) in [5.41, 5.74) is 5.70. The predicted molar refractivity (Wildman–Crippen MR) is 101 cm³/mol. The number of thioether (sulfide) groups is 1. The molecular weight excluding hydrogens is 386 g/mol. The zero-order chi connectivity index (χ0) is 20.1. The number of benzene rings is 1. The molecule has 2 aliphatic rings. The number of carbonyl (C=O) groups is 4. The van der Waals surface area contributed by atoms with Crippen molar-refractivity contribution in [3.63, 3.8) is 0 Å². The Hall–Kier alpha value is -2.85. The van der Waals surface area contributed by atoms with E-state index in [4.69, 9.17) is 15.2 Å². The summed E-state index contributed by atoms with van der Waals surface area (Å²) in [7, 11) is 0. The Kier molecular flexibility index (Phi) is 6.32. The zero-order valence-electron chi connectivity index (χ0n) is 15.0. The van der Waals surface area contributed by atoms with E-state index in [0.717, 1.165) is 16.7 Å². The molecule has 2 aliphatic heterocycles. The Morgan fingerprint density at radius 2 is 1.86 bits per heavy atom. The van der Waals surface area contributed by atoms with Crippen molar-refractivity contribution in [1.82, 2.24) is 9.80 Å². The van der Waals surface area contributed by atoms with Gasteiger partial charge in [0.15, 0.2) is 6.61 Å². The predicted octanol–water partition coefficient (Wildman–Crippen LogP) is 0.446. The largest absolute Gasteiger partial charge is 0.484 e. The van der Waals surface area contributed by atoms with Gasteiger partial charge in [-0.2, -0.15) is 0 Å². The maximum atomic E-state index is 12.5. The Morgan fingerprint density at radius 1 is 1.18 bits per heavy atom. The lowest BCUT2D eigenvalue weighted by molar-refractivity contribution is -0.139. The fraction of sp³-hybridized carbons (Fsp3) is 0.333. The minimum absolute atomic E-state index is 0.227. The fourth-order valence-electron chi connectivity index (χ4n) is 2.65. The molecule has 0 aliphatic carbocycles. The average molecular weight is 405 g/mol. The van der Waals surface area contributed by atoms with Crippen LogP contribution in [0.15, 0.2) is 29.2 Å². The molecule has 0 unspecified atom stereocenters. The summed E-state index contributed by atoms with van der Waals surface area (Å²) >= 11 is 0.794. The first-order valence-corrected chi connectivity index (χ1v) is 9.38. The molecule has 148 valence electrons.